The molecule has 0 heterocycles. The molecule has 2 unspecified atom stereocenters. The zero-order valence-corrected chi connectivity index (χ0v) is 14.5. The first-order chi connectivity index (χ1) is 10.1. The lowest BCUT2D eigenvalue weighted by Gasteiger charge is -2.14. The van der Waals surface area contributed by atoms with E-state index in [1.807, 2.05) is 12.1 Å². The third-order valence-corrected chi connectivity index (χ3v) is 4.20. The Labute approximate surface area is 134 Å². The van der Waals surface area contributed by atoms with E-state index in [2.05, 4.69) is 38.5 Å². The van der Waals surface area contributed by atoms with Gasteiger partial charge in [0.1, 0.15) is 0 Å². The highest BCUT2D eigenvalue weighted by Gasteiger charge is 2.33. The van der Waals surface area contributed by atoms with Crippen LogP contribution in [0.3, 0.4) is 0 Å². The second kappa shape index (κ2) is 7.02. The highest BCUT2D eigenvalue weighted by atomic mass is 79.9. The summed E-state index contributed by atoms with van der Waals surface area (Å²) in [4.78, 5) is 4.24. The molecule has 1 aromatic rings. The van der Waals surface area contributed by atoms with E-state index >= 15 is 0 Å². The predicted molar refractivity (Wildman–Crippen MR) is 88.1 cm³/mol. The number of guanidine groups is 1. The lowest BCUT2D eigenvalue weighted by molar-refractivity contribution is 0.352. The van der Waals surface area contributed by atoms with E-state index < -0.39 is 0 Å². The maximum atomic E-state index is 5.35. The Morgan fingerprint density at radius 3 is 2.62 bits per heavy atom. The van der Waals surface area contributed by atoms with Gasteiger partial charge in [0.2, 0.25) is 0 Å². The van der Waals surface area contributed by atoms with E-state index in [4.69, 9.17) is 9.47 Å². The summed E-state index contributed by atoms with van der Waals surface area (Å²) in [6, 6.07) is 4.53. The van der Waals surface area contributed by atoms with E-state index in [1.54, 1.807) is 21.3 Å². The van der Waals surface area contributed by atoms with Gasteiger partial charge in [-0.05, 0) is 46.0 Å². The topological polar surface area (TPSA) is 54.9 Å². The Hall–Kier alpha value is -1.43. The van der Waals surface area contributed by atoms with Crippen LogP contribution >= 0.6 is 15.9 Å². The molecule has 1 aromatic carbocycles. The van der Waals surface area contributed by atoms with Gasteiger partial charge < -0.3 is 20.1 Å². The van der Waals surface area contributed by atoms with Crippen LogP contribution in [0.5, 0.6) is 11.5 Å². The number of nitrogens with one attached hydrogen (secondary N) is 2. The van der Waals surface area contributed by atoms with Gasteiger partial charge in [-0.1, -0.05) is 6.92 Å². The monoisotopic (exact) mass is 355 g/mol. The second-order valence-electron chi connectivity index (χ2n) is 5.20. The van der Waals surface area contributed by atoms with Crippen molar-refractivity contribution in [3.63, 3.8) is 0 Å². The van der Waals surface area contributed by atoms with Crippen molar-refractivity contribution < 1.29 is 9.47 Å². The zero-order valence-electron chi connectivity index (χ0n) is 12.9. The Morgan fingerprint density at radius 1 is 1.38 bits per heavy atom. The smallest absolute Gasteiger partial charge is 0.191 e. The summed E-state index contributed by atoms with van der Waals surface area (Å²) in [5.74, 6) is 2.98. The Morgan fingerprint density at radius 2 is 2.10 bits per heavy atom. The number of benzene rings is 1. The molecule has 5 nitrogen and oxygen atoms in total. The SMILES string of the molecule is CN=C(NCc1cc(Br)c(OC)c(OC)c1)NC1CC1C. The maximum absolute atomic E-state index is 5.35. The fourth-order valence-corrected chi connectivity index (χ4v) is 2.80. The number of halogens is 1. The van der Waals surface area contributed by atoms with Gasteiger partial charge in [-0.3, -0.25) is 4.99 Å². The van der Waals surface area contributed by atoms with Gasteiger partial charge in [0, 0.05) is 19.6 Å². The van der Waals surface area contributed by atoms with Crippen molar-refractivity contribution in [2.45, 2.75) is 25.9 Å². The molecule has 1 aliphatic carbocycles. The summed E-state index contributed by atoms with van der Waals surface area (Å²) in [5, 5.41) is 6.71. The third kappa shape index (κ3) is 4.03. The molecule has 1 fully saturated rings. The lowest BCUT2D eigenvalue weighted by Crippen LogP contribution is -2.38. The molecule has 21 heavy (non-hydrogen) atoms. The number of methoxy groups -OCH3 is 2. The highest BCUT2D eigenvalue weighted by Crippen LogP contribution is 2.36. The summed E-state index contributed by atoms with van der Waals surface area (Å²) < 4.78 is 11.5. The molecular weight excluding hydrogens is 334 g/mol. The largest absolute Gasteiger partial charge is 0.493 e. The molecule has 1 aliphatic rings. The van der Waals surface area contributed by atoms with Crippen molar-refractivity contribution >= 4 is 21.9 Å². The summed E-state index contributed by atoms with van der Waals surface area (Å²) in [6.07, 6.45) is 1.21. The summed E-state index contributed by atoms with van der Waals surface area (Å²) in [7, 11) is 5.05. The molecule has 0 bridgehead atoms. The van der Waals surface area contributed by atoms with Crippen LogP contribution < -0.4 is 20.1 Å². The number of nitrogens with zero attached hydrogens (tertiary/aromatic N) is 1. The van der Waals surface area contributed by atoms with Crippen LogP contribution in [0.2, 0.25) is 0 Å². The van der Waals surface area contributed by atoms with Gasteiger partial charge in [0.05, 0.1) is 18.7 Å². The molecule has 0 aliphatic heterocycles. The fourth-order valence-electron chi connectivity index (χ4n) is 2.15. The molecule has 2 atom stereocenters. The van der Waals surface area contributed by atoms with Crippen molar-refractivity contribution in [1.29, 1.82) is 0 Å². The van der Waals surface area contributed by atoms with Crippen molar-refractivity contribution in [1.82, 2.24) is 10.6 Å². The van der Waals surface area contributed by atoms with Gasteiger partial charge in [0.25, 0.3) is 0 Å². The van der Waals surface area contributed by atoms with Crippen LogP contribution in [-0.4, -0.2) is 33.3 Å². The third-order valence-electron chi connectivity index (χ3n) is 3.61. The molecule has 0 radical (unpaired) electrons. The second-order valence-corrected chi connectivity index (χ2v) is 6.06. The Bertz CT molecular complexity index is 534. The van der Waals surface area contributed by atoms with Crippen LogP contribution in [0.4, 0.5) is 0 Å². The molecule has 2 N–H and O–H groups in total. The maximum Gasteiger partial charge on any atom is 0.191 e. The first-order valence-electron chi connectivity index (χ1n) is 6.96. The van der Waals surface area contributed by atoms with Crippen molar-refractivity contribution in [3.8, 4) is 11.5 Å². The summed E-state index contributed by atoms with van der Waals surface area (Å²) in [5.41, 5.74) is 1.09. The van der Waals surface area contributed by atoms with Crippen molar-refractivity contribution in [2.75, 3.05) is 21.3 Å². The number of hydrogen-bond donors (Lipinski definition) is 2. The molecule has 2 rings (SSSR count). The lowest BCUT2D eigenvalue weighted by atomic mass is 10.2. The minimum Gasteiger partial charge on any atom is -0.493 e. The van der Waals surface area contributed by atoms with Gasteiger partial charge in [-0.2, -0.15) is 0 Å². The first-order valence-corrected chi connectivity index (χ1v) is 7.76. The highest BCUT2D eigenvalue weighted by molar-refractivity contribution is 9.10. The average molecular weight is 356 g/mol. The molecule has 0 saturated heterocycles. The van der Waals surface area contributed by atoms with Crippen LogP contribution in [0.25, 0.3) is 0 Å². The minimum absolute atomic E-state index is 0.549. The number of hydrogen-bond acceptors (Lipinski definition) is 3. The molecule has 116 valence electrons. The Balaban J connectivity index is 2.00. The average Bonchev–Trinajstić information content (AvgIpc) is 3.17. The Kier molecular flexibility index (Phi) is 5.33. The summed E-state index contributed by atoms with van der Waals surface area (Å²) >= 11 is 3.50. The fraction of sp³-hybridized carbons (Fsp3) is 0.533. The molecule has 0 amide bonds. The van der Waals surface area contributed by atoms with E-state index in [9.17, 15) is 0 Å². The van der Waals surface area contributed by atoms with Crippen LogP contribution in [0.1, 0.15) is 18.9 Å². The first kappa shape index (κ1) is 15.9. The van der Waals surface area contributed by atoms with E-state index in [0.29, 0.717) is 24.1 Å². The van der Waals surface area contributed by atoms with Crippen LogP contribution in [0.15, 0.2) is 21.6 Å². The molecule has 6 heteroatoms. The van der Waals surface area contributed by atoms with E-state index in [1.165, 1.54) is 6.42 Å². The quantitative estimate of drug-likeness (QED) is 0.629. The number of aliphatic imine (C=N–C) groups is 1. The van der Waals surface area contributed by atoms with Gasteiger partial charge in [0.15, 0.2) is 17.5 Å². The molecule has 1 saturated carbocycles. The normalized spacial score (nSPS) is 20.9. The predicted octanol–water partition coefficient (Wildman–Crippen LogP) is 2.54. The molecule has 0 aromatic heterocycles. The minimum atomic E-state index is 0.549. The summed E-state index contributed by atoms with van der Waals surface area (Å²) in [6.45, 7) is 2.90. The molecule has 0 spiro atoms. The molecular formula is C15H22BrN3O2. The van der Waals surface area contributed by atoms with Crippen LogP contribution in [-0.2, 0) is 6.54 Å². The van der Waals surface area contributed by atoms with Crippen molar-refractivity contribution in [2.24, 2.45) is 10.9 Å². The van der Waals surface area contributed by atoms with Gasteiger partial charge >= 0.3 is 0 Å². The van der Waals surface area contributed by atoms with E-state index in [0.717, 1.165) is 21.9 Å². The van der Waals surface area contributed by atoms with Crippen molar-refractivity contribution in [3.05, 3.63) is 22.2 Å². The van der Waals surface area contributed by atoms with Gasteiger partial charge in [-0.15, -0.1) is 0 Å². The van der Waals surface area contributed by atoms with Crippen LogP contribution in [0, 0.1) is 5.92 Å². The van der Waals surface area contributed by atoms with Gasteiger partial charge in [-0.25, -0.2) is 0 Å². The zero-order chi connectivity index (χ0) is 15.4. The number of ether oxygens (including phenoxy) is 2. The van der Waals surface area contributed by atoms with E-state index in [-0.39, 0.29) is 0 Å². The standard InChI is InChI=1S/C15H22BrN3O2/c1-9-5-12(9)19-15(17-2)18-8-10-6-11(16)14(21-4)13(7-10)20-3/h6-7,9,12H,5,8H2,1-4H3,(H2,17,18,19). The number of rotatable bonds is 5.